The van der Waals surface area contributed by atoms with Crippen molar-refractivity contribution in [2.45, 2.75) is 45.8 Å². The van der Waals surface area contributed by atoms with Crippen molar-refractivity contribution in [3.63, 3.8) is 0 Å². The van der Waals surface area contributed by atoms with E-state index in [0.29, 0.717) is 0 Å². The van der Waals surface area contributed by atoms with Crippen LogP contribution in [0.4, 0.5) is 0 Å². The van der Waals surface area contributed by atoms with Gasteiger partial charge >= 0.3 is 0 Å². The summed E-state index contributed by atoms with van der Waals surface area (Å²) in [5.41, 5.74) is 3.72. The molecule has 3 aromatic rings. The van der Waals surface area contributed by atoms with Crippen molar-refractivity contribution in [3.8, 4) is 0 Å². The molecule has 0 aliphatic carbocycles. The molecule has 1 aliphatic heterocycles. The van der Waals surface area contributed by atoms with Gasteiger partial charge in [0.25, 0.3) is 0 Å². The topological polar surface area (TPSA) is 50.1 Å². The molecule has 30 heavy (non-hydrogen) atoms. The number of nitrogens with zero attached hydrogens (tertiary/aromatic N) is 6. The summed E-state index contributed by atoms with van der Waals surface area (Å²) >= 11 is 0. The molecule has 6 nitrogen and oxygen atoms in total. The van der Waals surface area contributed by atoms with Gasteiger partial charge in [-0.3, -0.25) is 9.80 Å². The molecule has 158 valence electrons. The van der Waals surface area contributed by atoms with E-state index in [1.807, 2.05) is 4.68 Å². The maximum absolute atomic E-state index is 4.49. The zero-order valence-corrected chi connectivity index (χ0v) is 18.5. The standard InChI is InChI=1S/C24H32N6/c1-19-10-12-21(13-11-19)22(23-25-26-27-30(23)24(2,3)4)29-16-14-28(15-17-29)18-20-8-6-5-7-9-20/h5-13,22H,14-18H2,1-4H3/t22-/m0/s1. The van der Waals surface area contributed by atoms with Crippen molar-refractivity contribution in [3.05, 3.63) is 77.1 Å². The molecule has 1 aromatic heterocycles. The smallest absolute Gasteiger partial charge is 0.173 e. The number of hydrogen-bond donors (Lipinski definition) is 0. The Morgan fingerprint density at radius 1 is 0.900 bits per heavy atom. The second kappa shape index (κ2) is 8.66. The van der Waals surface area contributed by atoms with Gasteiger partial charge in [0, 0.05) is 32.7 Å². The van der Waals surface area contributed by atoms with E-state index in [-0.39, 0.29) is 11.6 Å². The Morgan fingerprint density at radius 2 is 1.57 bits per heavy atom. The number of aromatic nitrogens is 4. The maximum atomic E-state index is 4.49. The van der Waals surface area contributed by atoms with Crippen LogP contribution in [0.1, 0.15) is 49.3 Å². The van der Waals surface area contributed by atoms with Crippen LogP contribution in [0.5, 0.6) is 0 Å². The number of benzene rings is 2. The average Bonchev–Trinajstić information content (AvgIpc) is 3.22. The zero-order valence-electron chi connectivity index (χ0n) is 18.5. The van der Waals surface area contributed by atoms with Gasteiger partial charge in [0.05, 0.1) is 11.6 Å². The van der Waals surface area contributed by atoms with Gasteiger partial charge in [-0.2, -0.15) is 0 Å². The Bertz CT molecular complexity index is 934. The Labute approximate surface area is 179 Å². The Hall–Kier alpha value is -2.57. The Morgan fingerprint density at radius 3 is 2.20 bits per heavy atom. The molecule has 1 aliphatic rings. The highest BCUT2D eigenvalue weighted by Gasteiger charge is 2.33. The minimum atomic E-state index is -0.170. The lowest BCUT2D eigenvalue weighted by Crippen LogP contribution is -2.48. The van der Waals surface area contributed by atoms with Gasteiger partial charge in [-0.25, -0.2) is 4.68 Å². The average molecular weight is 405 g/mol. The monoisotopic (exact) mass is 404 g/mol. The van der Waals surface area contributed by atoms with Crippen molar-refractivity contribution in [1.82, 2.24) is 30.0 Å². The third-order valence-electron chi connectivity index (χ3n) is 5.79. The predicted molar refractivity (Wildman–Crippen MR) is 119 cm³/mol. The molecule has 0 spiro atoms. The van der Waals surface area contributed by atoms with Gasteiger partial charge in [-0.05, 0) is 49.2 Å². The van der Waals surface area contributed by atoms with E-state index < -0.39 is 0 Å². The first-order chi connectivity index (χ1) is 14.4. The normalized spacial score (nSPS) is 17.2. The second-order valence-corrected chi connectivity index (χ2v) is 9.23. The summed E-state index contributed by atoms with van der Waals surface area (Å²) in [5.74, 6) is 0.919. The maximum Gasteiger partial charge on any atom is 0.173 e. The first-order valence-corrected chi connectivity index (χ1v) is 10.8. The minimum absolute atomic E-state index is 0.0544. The number of rotatable bonds is 5. The number of piperazine rings is 1. The van der Waals surface area contributed by atoms with Crippen LogP contribution in [-0.2, 0) is 12.1 Å². The quantitative estimate of drug-likeness (QED) is 0.650. The summed E-state index contributed by atoms with van der Waals surface area (Å²) in [6, 6.07) is 19.6. The van der Waals surface area contributed by atoms with E-state index >= 15 is 0 Å². The van der Waals surface area contributed by atoms with E-state index in [4.69, 9.17) is 0 Å². The minimum Gasteiger partial charge on any atom is -0.297 e. The van der Waals surface area contributed by atoms with Crippen LogP contribution < -0.4 is 0 Å². The van der Waals surface area contributed by atoms with Gasteiger partial charge in [0.1, 0.15) is 0 Å². The van der Waals surface area contributed by atoms with Crippen LogP contribution >= 0.6 is 0 Å². The molecule has 0 unspecified atom stereocenters. The van der Waals surface area contributed by atoms with E-state index in [1.165, 1.54) is 16.7 Å². The molecule has 2 heterocycles. The van der Waals surface area contributed by atoms with Crippen LogP contribution in [0.25, 0.3) is 0 Å². The molecule has 0 N–H and O–H groups in total. The van der Waals surface area contributed by atoms with Gasteiger partial charge in [-0.1, -0.05) is 60.2 Å². The fraction of sp³-hybridized carbons (Fsp3) is 0.458. The van der Waals surface area contributed by atoms with Crippen LogP contribution in [0.15, 0.2) is 54.6 Å². The SMILES string of the molecule is Cc1ccc([C@@H](c2nnnn2C(C)(C)C)N2CCN(Cc3ccccc3)CC2)cc1. The van der Waals surface area contributed by atoms with E-state index in [1.54, 1.807) is 0 Å². The molecule has 0 bridgehead atoms. The molecule has 1 saturated heterocycles. The molecule has 0 amide bonds. The summed E-state index contributed by atoms with van der Waals surface area (Å²) < 4.78 is 1.98. The molecule has 4 rings (SSSR count). The highest BCUT2D eigenvalue weighted by molar-refractivity contribution is 5.28. The Balaban J connectivity index is 1.57. The van der Waals surface area contributed by atoms with Gasteiger partial charge in [0.15, 0.2) is 5.82 Å². The second-order valence-electron chi connectivity index (χ2n) is 9.23. The van der Waals surface area contributed by atoms with Crippen molar-refractivity contribution >= 4 is 0 Å². The summed E-state index contributed by atoms with van der Waals surface area (Å²) in [6.45, 7) is 13.6. The molecular weight excluding hydrogens is 372 g/mol. The van der Waals surface area contributed by atoms with Crippen LogP contribution in [0.2, 0.25) is 0 Å². The highest BCUT2D eigenvalue weighted by atomic mass is 15.6. The number of aryl methyl sites for hydroxylation is 1. The van der Waals surface area contributed by atoms with Crippen molar-refractivity contribution in [2.24, 2.45) is 0 Å². The van der Waals surface area contributed by atoms with E-state index in [0.717, 1.165) is 38.5 Å². The van der Waals surface area contributed by atoms with Crippen molar-refractivity contribution < 1.29 is 0 Å². The lowest BCUT2D eigenvalue weighted by atomic mass is 10.0. The van der Waals surface area contributed by atoms with E-state index in [9.17, 15) is 0 Å². The lowest BCUT2D eigenvalue weighted by Gasteiger charge is -2.39. The summed E-state index contributed by atoms with van der Waals surface area (Å²) in [5, 5.41) is 12.9. The predicted octanol–water partition coefficient (Wildman–Crippen LogP) is 3.64. The molecular formula is C24H32N6. The van der Waals surface area contributed by atoms with Crippen LogP contribution in [0.3, 0.4) is 0 Å². The van der Waals surface area contributed by atoms with Gasteiger partial charge in [-0.15, -0.1) is 5.10 Å². The van der Waals surface area contributed by atoms with Gasteiger partial charge in [0.2, 0.25) is 0 Å². The molecule has 1 atom stereocenters. The summed E-state index contributed by atoms with van der Waals surface area (Å²) in [4.78, 5) is 5.06. The molecule has 6 heteroatoms. The summed E-state index contributed by atoms with van der Waals surface area (Å²) in [7, 11) is 0. The molecule has 1 fully saturated rings. The largest absolute Gasteiger partial charge is 0.297 e. The van der Waals surface area contributed by atoms with Crippen molar-refractivity contribution in [1.29, 1.82) is 0 Å². The first kappa shape index (κ1) is 20.7. The lowest BCUT2D eigenvalue weighted by molar-refractivity contribution is 0.0979. The van der Waals surface area contributed by atoms with E-state index in [2.05, 4.69) is 108 Å². The fourth-order valence-corrected chi connectivity index (χ4v) is 4.14. The molecule has 0 radical (unpaired) electrons. The first-order valence-electron chi connectivity index (χ1n) is 10.8. The third kappa shape index (κ3) is 4.60. The highest BCUT2D eigenvalue weighted by Crippen LogP contribution is 2.30. The van der Waals surface area contributed by atoms with Crippen molar-refractivity contribution in [2.75, 3.05) is 26.2 Å². The number of hydrogen-bond acceptors (Lipinski definition) is 5. The zero-order chi connectivity index (χ0) is 21.1. The third-order valence-corrected chi connectivity index (χ3v) is 5.79. The van der Waals surface area contributed by atoms with Crippen LogP contribution in [-0.4, -0.2) is 56.2 Å². The summed E-state index contributed by atoms with van der Waals surface area (Å²) in [6.07, 6.45) is 0. The molecule has 0 saturated carbocycles. The Kier molecular flexibility index (Phi) is 5.97. The van der Waals surface area contributed by atoms with Crippen LogP contribution in [0, 0.1) is 6.92 Å². The number of tetrazole rings is 1. The molecule has 2 aromatic carbocycles. The fourth-order valence-electron chi connectivity index (χ4n) is 4.14. The van der Waals surface area contributed by atoms with Gasteiger partial charge < -0.3 is 0 Å².